The van der Waals surface area contributed by atoms with Crippen LogP contribution in [0.2, 0.25) is 5.02 Å². The van der Waals surface area contributed by atoms with Gasteiger partial charge in [0.25, 0.3) is 0 Å². The van der Waals surface area contributed by atoms with E-state index in [-0.39, 0.29) is 5.02 Å². The largest absolute Gasteiger partial charge is 0.354 e. The van der Waals surface area contributed by atoms with Gasteiger partial charge in [-0.05, 0) is 41.4 Å². The fourth-order valence-electron chi connectivity index (χ4n) is 1.67. The van der Waals surface area contributed by atoms with Crippen molar-refractivity contribution in [1.29, 1.82) is 0 Å². The van der Waals surface area contributed by atoms with E-state index >= 15 is 0 Å². The molecule has 0 saturated carbocycles. The molecule has 0 bridgehead atoms. The second kappa shape index (κ2) is 7.04. The quantitative estimate of drug-likeness (QED) is 0.782. The van der Waals surface area contributed by atoms with Gasteiger partial charge in [-0.15, -0.1) is 0 Å². The zero-order valence-corrected chi connectivity index (χ0v) is 14.0. The minimum absolute atomic E-state index is 0.281. The van der Waals surface area contributed by atoms with Crippen molar-refractivity contribution >= 4 is 45.0 Å². The van der Waals surface area contributed by atoms with Crippen molar-refractivity contribution < 1.29 is 4.39 Å². The van der Waals surface area contributed by atoms with Crippen LogP contribution in [0.25, 0.3) is 0 Å². The highest BCUT2D eigenvalue weighted by molar-refractivity contribution is 9.10. The molecule has 0 aliphatic carbocycles. The lowest BCUT2D eigenvalue weighted by Gasteiger charge is -2.13. The maximum atomic E-state index is 13.3. The molecule has 4 nitrogen and oxygen atoms in total. The summed E-state index contributed by atoms with van der Waals surface area (Å²) in [7, 11) is 0. The Hall–Kier alpha value is -1.40. The summed E-state index contributed by atoms with van der Waals surface area (Å²) < 4.78 is 13.8. The normalized spacial score (nSPS) is 10.5. The molecular weight excluding hydrogens is 359 g/mol. The monoisotopic (exact) mass is 372 g/mol. The summed E-state index contributed by atoms with van der Waals surface area (Å²) in [5.41, 5.74) is 1.44. The van der Waals surface area contributed by atoms with Crippen LogP contribution in [0.3, 0.4) is 0 Å². The molecule has 0 spiro atoms. The van der Waals surface area contributed by atoms with E-state index in [2.05, 4.69) is 43.5 Å². The van der Waals surface area contributed by atoms with Gasteiger partial charge in [0, 0.05) is 22.8 Å². The van der Waals surface area contributed by atoms with Crippen molar-refractivity contribution in [3.8, 4) is 0 Å². The molecule has 0 aliphatic rings. The van der Waals surface area contributed by atoms with Crippen molar-refractivity contribution in [3.05, 3.63) is 39.2 Å². The van der Waals surface area contributed by atoms with Crippen LogP contribution in [0.5, 0.6) is 0 Å². The Morgan fingerprint density at radius 1 is 1.38 bits per heavy atom. The number of halogens is 3. The molecule has 0 radical (unpaired) electrons. The van der Waals surface area contributed by atoms with E-state index in [1.165, 1.54) is 12.1 Å². The molecule has 0 aliphatic heterocycles. The lowest BCUT2D eigenvalue weighted by molar-refractivity contribution is 0.627. The number of aromatic nitrogens is 2. The average molecular weight is 374 g/mol. The van der Waals surface area contributed by atoms with E-state index in [0.717, 1.165) is 18.5 Å². The number of aryl methyl sites for hydroxylation is 1. The Bertz CT molecular complexity index is 628. The molecule has 1 aromatic heterocycles. The number of hydrogen-bond donors (Lipinski definition) is 2. The maximum Gasteiger partial charge on any atom is 0.224 e. The number of nitrogens with zero attached hydrogens (tertiary/aromatic N) is 2. The van der Waals surface area contributed by atoms with Gasteiger partial charge in [-0.2, -0.15) is 4.98 Å². The average Bonchev–Trinajstić information content (AvgIpc) is 2.43. The molecule has 0 amide bonds. The zero-order valence-electron chi connectivity index (χ0n) is 11.7. The first-order chi connectivity index (χ1) is 10.0. The van der Waals surface area contributed by atoms with Crippen molar-refractivity contribution in [2.75, 3.05) is 17.2 Å². The number of nitrogens with one attached hydrogen (secondary N) is 2. The molecule has 1 aromatic carbocycles. The number of anilines is 3. The second-order valence-electron chi connectivity index (χ2n) is 4.52. The number of benzene rings is 1. The molecule has 2 N–H and O–H groups in total. The van der Waals surface area contributed by atoms with Crippen molar-refractivity contribution in [2.24, 2.45) is 0 Å². The standard InChI is InChI=1S/C14H15BrClFN4/c1-3-4-18-14-19-7-8(2)13(21-14)20-12-10(15)5-9(17)6-11(12)16/h5-7H,3-4H2,1-2H3,(H2,18,19,20,21). The lowest BCUT2D eigenvalue weighted by Crippen LogP contribution is -2.07. The molecule has 1 heterocycles. The first kappa shape index (κ1) is 16.0. The molecule has 0 atom stereocenters. The Kier molecular flexibility index (Phi) is 5.36. The predicted molar refractivity (Wildman–Crippen MR) is 87.9 cm³/mol. The third-order valence-electron chi connectivity index (χ3n) is 2.76. The van der Waals surface area contributed by atoms with Crippen molar-refractivity contribution in [2.45, 2.75) is 20.3 Å². The number of hydrogen-bond acceptors (Lipinski definition) is 4. The number of rotatable bonds is 5. The van der Waals surface area contributed by atoms with E-state index in [1.54, 1.807) is 6.20 Å². The fraction of sp³-hybridized carbons (Fsp3) is 0.286. The van der Waals surface area contributed by atoms with E-state index in [4.69, 9.17) is 11.6 Å². The van der Waals surface area contributed by atoms with Gasteiger partial charge >= 0.3 is 0 Å². The summed E-state index contributed by atoms with van der Waals surface area (Å²) in [4.78, 5) is 8.61. The minimum atomic E-state index is -0.401. The van der Waals surface area contributed by atoms with Gasteiger partial charge in [0.15, 0.2) is 0 Å². The highest BCUT2D eigenvalue weighted by Crippen LogP contribution is 2.34. The summed E-state index contributed by atoms with van der Waals surface area (Å²) in [5.74, 6) is 0.763. The van der Waals surface area contributed by atoms with Gasteiger partial charge in [0.05, 0.1) is 10.7 Å². The van der Waals surface area contributed by atoms with Gasteiger partial charge < -0.3 is 10.6 Å². The third-order valence-corrected chi connectivity index (χ3v) is 3.68. The maximum absolute atomic E-state index is 13.3. The van der Waals surface area contributed by atoms with Crippen LogP contribution in [0.1, 0.15) is 18.9 Å². The van der Waals surface area contributed by atoms with Gasteiger partial charge in [-0.1, -0.05) is 18.5 Å². The lowest BCUT2D eigenvalue weighted by atomic mass is 10.3. The fourth-order valence-corrected chi connectivity index (χ4v) is 2.57. The summed E-state index contributed by atoms with van der Waals surface area (Å²) in [6.07, 6.45) is 2.70. The Labute approximate surface area is 136 Å². The summed E-state index contributed by atoms with van der Waals surface area (Å²) >= 11 is 9.36. The second-order valence-corrected chi connectivity index (χ2v) is 5.78. The Morgan fingerprint density at radius 3 is 2.81 bits per heavy atom. The van der Waals surface area contributed by atoms with Crippen LogP contribution >= 0.6 is 27.5 Å². The molecule has 21 heavy (non-hydrogen) atoms. The summed E-state index contributed by atoms with van der Waals surface area (Å²) in [5, 5.41) is 6.52. The minimum Gasteiger partial charge on any atom is -0.354 e. The summed E-state index contributed by atoms with van der Waals surface area (Å²) in [6.45, 7) is 4.75. The van der Waals surface area contributed by atoms with Crippen LogP contribution in [-0.4, -0.2) is 16.5 Å². The molecular formula is C14H15BrClFN4. The first-order valence-corrected chi connectivity index (χ1v) is 7.67. The topological polar surface area (TPSA) is 49.8 Å². The first-order valence-electron chi connectivity index (χ1n) is 6.50. The molecule has 2 rings (SSSR count). The van der Waals surface area contributed by atoms with E-state index < -0.39 is 5.82 Å². The molecule has 0 unspecified atom stereocenters. The van der Waals surface area contributed by atoms with Crippen molar-refractivity contribution in [3.63, 3.8) is 0 Å². The van der Waals surface area contributed by atoms with Gasteiger partial charge in [0.1, 0.15) is 11.6 Å². The van der Waals surface area contributed by atoms with Gasteiger partial charge in [0.2, 0.25) is 5.95 Å². The SMILES string of the molecule is CCCNc1ncc(C)c(Nc2c(Cl)cc(F)cc2Br)n1. The van der Waals surface area contributed by atoms with Gasteiger partial charge in [-0.3, -0.25) is 0 Å². The van der Waals surface area contributed by atoms with Crippen LogP contribution in [0.4, 0.5) is 21.8 Å². The van der Waals surface area contributed by atoms with E-state index in [1.807, 2.05) is 6.92 Å². The predicted octanol–water partition coefficient (Wildman–Crippen LogP) is 4.91. The van der Waals surface area contributed by atoms with E-state index in [9.17, 15) is 4.39 Å². The highest BCUT2D eigenvalue weighted by Gasteiger charge is 2.11. The van der Waals surface area contributed by atoms with Crippen molar-refractivity contribution in [1.82, 2.24) is 9.97 Å². The van der Waals surface area contributed by atoms with Crippen LogP contribution < -0.4 is 10.6 Å². The van der Waals surface area contributed by atoms with Gasteiger partial charge in [-0.25, -0.2) is 9.37 Å². The van der Waals surface area contributed by atoms with E-state index in [0.29, 0.717) is 21.9 Å². The molecule has 0 saturated heterocycles. The Balaban J connectivity index is 2.31. The van der Waals surface area contributed by atoms with Crippen LogP contribution in [0, 0.1) is 12.7 Å². The highest BCUT2D eigenvalue weighted by atomic mass is 79.9. The van der Waals surface area contributed by atoms with Crippen LogP contribution in [0.15, 0.2) is 22.8 Å². The van der Waals surface area contributed by atoms with Crippen LogP contribution in [-0.2, 0) is 0 Å². The molecule has 7 heteroatoms. The molecule has 0 fully saturated rings. The Morgan fingerprint density at radius 2 is 2.14 bits per heavy atom. The summed E-state index contributed by atoms with van der Waals surface area (Å²) in [6, 6.07) is 2.60. The molecule has 2 aromatic rings. The third kappa shape index (κ3) is 4.04. The molecule has 112 valence electrons. The smallest absolute Gasteiger partial charge is 0.224 e. The zero-order chi connectivity index (χ0) is 15.4.